The van der Waals surface area contributed by atoms with Crippen molar-refractivity contribution in [2.75, 3.05) is 58.9 Å². The average Bonchev–Trinajstić information content (AvgIpc) is 2.51. The Morgan fingerprint density at radius 1 is 0.762 bits per heavy atom. The summed E-state index contributed by atoms with van der Waals surface area (Å²) in [7, 11) is 0. The van der Waals surface area contributed by atoms with Crippen LogP contribution in [0.5, 0.6) is 0 Å². The number of nitrogens with zero attached hydrogens (tertiary/aromatic N) is 1. The normalized spacial score (nSPS) is 19.6. The van der Waals surface area contributed by atoms with Crippen LogP contribution in [0.1, 0.15) is 12.0 Å². The van der Waals surface area contributed by atoms with Crippen molar-refractivity contribution in [3.8, 4) is 0 Å². The number of hydrogen-bond acceptors (Lipinski definition) is 4. The Bertz CT molecular complexity index is 343. The fraction of sp³-hybridized carbons (Fsp3) is 0.647. The van der Waals surface area contributed by atoms with Crippen molar-refractivity contribution >= 4 is 0 Å². The molecule has 0 radical (unpaired) electrons. The molecule has 0 aliphatic carbocycles. The molecule has 118 valence electrons. The first-order chi connectivity index (χ1) is 10.4. The van der Waals surface area contributed by atoms with E-state index in [0.717, 1.165) is 52.4 Å². The Kier molecular flexibility index (Phi) is 8.40. The lowest BCUT2D eigenvalue weighted by Gasteiger charge is -2.23. The minimum Gasteiger partial charge on any atom is -0.314 e. The second-order valence-electron chi connectivity index (χ2n) is 5.68. The van der Waals surface area contributed by atoms with Crippen LogP contribution in [0, 0.1) is 0 Å². The predicted molar refractivity (Wildman–Crippen MR) is 89.8 cm³/mol. The predicted octanol–water partition coefficient (Wildman–Crippen LogP) is 0.704. The minimum absolute atomic E-state index is 1.07. The first-order valence-corrected chi connectivity index (χ1v) is 8.33. The number of nitrogens with one attached hydrogen (secondary N) is 3. The van der Waals surface area contributed by atoms with Crippen LogP contribution in [-0.4, -0.2) is 63.8 Å². The molecule has 4 heteroatoms. The smallest absolute Gasteiger partial charge is 0.0107 e. The van der Waals surface area contributed by atoms with Crippen molar-refractivity contribution in [2.45, 2.75) is 12.8 Å². The molecular formula is C17H30N4. The lowest BCUT2D eigenvalue weighted by atomic mass is 10.1. The molecule has 0 saturated carbocycles. The molecule has 1 aromatic carbocycles. The van der Waals surface area contributed by atoms with Gasteiger partial charge in [0, 0.05) is 52.4 Å². The summed E-state index contributed by atoms with van der Waals surface area (Å²) in [4.78, 5) is 2.58. The van der Waals surface area contributed by atoms with Crippen LogP contribution in [-0.2, 0) is 6.42 Å². The maximum absolute atomic E-state index is 3.52. The van der Waals surface area contributed by atoms with Gasteiger partial charge in [-0.1, -0.05) is 30.3 Å². The van der Waals surface area contributed by atoms with Crippen LogP contribution < -0.4 is 16.0 Å². The third-order valence-electron chi connectivity index (χ3n) is 3.95. The fourth-order valence-corrected chi connectivity index (χ4v) is 2.69. The van der Waals surface area contributed by atoms with Gasteiger partial charge in [0.15, 0.2) is 0 Å². The number of hydrogen-bond donors (Lipinski definition) is 3. The lowest BCUT2D eigenvalue weighted by molar-refractivity contribution is 0.268. The van der Waals surface area contributed by atoms with Crippen LogP contribution in [0.3, 0.4) is 0 Å². The van der Waals surface area contributed by atoms with E-state index in [1.807, 2.05) is 0 Å². The molecule has 0 unspecified atom stereocenters. The summed E-state index contributed by atoms with van der Waals surface area (Å²) in [5.41, 5.74) is 1.45. The molecule has 21 heavy (non-hydrogen) atoms. The Labute approximate surface area is 129 Å². The molecule has 1 aliphatic rings. The van der Waals surface area contributed by atoms with Crippen molar-refractivity contribution in [2.24, 2.45) is 0 Å². The SMILES string of the molecule is c1ccc(CCCN2CCNCCNCCNCC2)cc1. The molecule has 0 spiro atoms. The van der Waals surface area contributed by atoms with Gasteiger partial charge in [0.05, 0.1) is 0 Å². The van der Waals surface area contributed by atoms with Crippen LogP contribution in [0.4, 0.5) is 0 Å². The van der Waals surface area contributed by atoms with Gasteiger partial charge in [-0.25, -0.2) is 0 Å². The second-order valence-corrected chi connectivity index (χ2v) is 5.68. The fourth-order valence-electron chi connectivity index (χ4n) is 2.69. The molecule has 4 nitrogen and oxygen atoms in total. The maximum Gasteiger partial charge on any atom is 0.0107 e. The van der Waals surface area contributed by atoms with Gasteiger partial charge in [-0.05, 0) is 24.9 Å². The van der Waals surface area contributed by atoms with E-state index in [1.165, 1.54) is 24.9 Å². The quantitative estimate of drug-likeness (QED) is 0.763. The van der Waals surface area contributed by atoms with Gasteiger partial charge in [-0.2, -0.15) is 0 Å². The van der Waals surface area contributed by atoms with Gasteiger partial charge in [0.1, 0.15) is 0 Å². The highest BCUT2D eigenvalue weighted by Gasteiger charge is 2.05. The van der Waals surface area contributed by atoms with Crippen LogP contribution >= 0.6 is 0 Å². The van der Waals surface area contributed by atoms with E-state index >= 15 is 0 Å². The minimum atomic E-state index is 1.07. The molecule has 1 aliphatic heterocycles. The van der Waals surface area contributed by atoms with Crippen molar-refractivity contribution in [3.05, 3.63) is 35.9 Å². The molecule has 2 rings (SSSR count). The Hall–Kier alpha value is -0.940. The summed E-state index contributed by atoms with van der Waals surface area (Å²) in [6, 6.07) is 10.8. The summed E-state index contributed by atoms with van der Waals surface area (Å²) in [6.45, 7) is 9.94. The molecule has 0 aromatic heterocycles. The van der Waals surface area contributed by atoms with Crippen LogP contribution in [0.2, 0.25) is 0 Å². The second kappa shape index (κ2) is 10.7. The average molecular weight is 290 g/mol. The summed E-state index contributed by atoms with van der Waals surface area (Å²) in [5.74, 6) is 0. The number of benzene rings is 1. The highest BCUT2D eigenvalue weighted by atomic mass is 15.2. The largest absolute Gasteiger partial charge is 0.314 e. The summed E-state index contributed by atoms with van der Waals surface area (Å²) in [5, 5.41) is 10.5. The highest BCUT2D eigenvalue weighted by molar-refractivity contribution is 5.14. The standard InChI is InChI=1S/C17H30N4/c1-2-5-17(6-3-1)7-4-14-21-15-12-19-10-8-18-9-11-20-13-16-21/h1-3,5-6,18-20H,4,7-16H2. The third kappa shape index (κ3) is 7.58. The molecule has 0 amide bonds. The zero-order valence-electron chi connectivity index (χ0n) is 13.1. The van der Waals surface area contributed by atoms with Gasteiger partial charge in [0.25, 0.3) is 0 Å². The van der Waals surface area contributed by atoms with Crippen molar-refractivity contribution in [1.82, 2.24) is 20.9 Å². The maximum atomic E-state index is 3.52. The zero-order chi connectivity index (χ0) is 14.6. The van der Waals surface area contributed by atoms with E-state index in [0.29, 0.717) is 0 Å². The Balaban J connectivity index is 1.67. The highest BCUT2D eigenvalue weighted by Crippen LogP contribution is 2.03. The molecular weight excluding hydrogens is 260 g/mol. The van der Waals surface area contributed by atoms with E-state index in [2.05, 4.69) is 51.2 Å². The van der Waals surface area contributed by atoms with E-state index in [1.54, 1.807) is 0 Å². The topological polar surface area (TPSA) is 39.3 Å². The van der Waals surface area contributed by atoms with E-state index in [4.69, 9.17) is 0 Å². The van der Waals surface area contributed by atoms with Crippen molar-refractivity contribution in [1.29, 1.82) is 0 Å². The van der Waals surface area contributed by atoms with E-state index in [-0.39, 0.29) is 0 Å². The monoisotopic (exact) mass is 290 g/mol. The zero-order valence-corrected chi connectivity index (χ0v) is 13.1. The first-order valence-electron chi connectivity index (χ1n) is 8.33. The van der Waals surface area contributed by atoms with Gasteiger partial charge in [-0.15, -0.1) is 0 Å². The van der Waals surface area contributed by atoms with Gasteiger partial charge in [0.2, 0.25) is 0 Å². The molecule has 3 N–H and O–H groups in total. The Morgan fingerprint density at radius 2 is 1.33 bits per heavy atom. The molecule has 0 atom stereocenters. The van der Waals surface area contributed by atoms with Gasteiger partial charge in [-0.3, -0.25) is 0 Å². The summed E-state index contributed by atoms with van der Waals surface area (Å²) >= 11 is 0. The summed E-state index contributed by atoms with van der Waals surface area (Å²) < 4.78 is 0. The summed E-state index contributed by atoms with van der Waals surface area (Å²) in [6.07, 6.45) is 2.42. The molecule has 0 bridgehead atoms. The van der Waals surface area contributed by atoms with Gasteiger partial charge < -0.3 is 20.9 Å². The lowest BCUT2D eigenvalue weighted by Crippen LogP contribution is -2.42. The Morgan fingerprint density at radius 3 is 1.95 bits per heavy atom. The molecule has 1 heterocycles. The third-order valence-corrected chi connectivity index (χ3v) is 3.95. The van der Waals surface area contributed by atoms with Crippen LogP contribution in [0.15, 0.2) is 30.3 Å². The molecule has 1 aromatic rings. The van der Waals surface area contributed by atoms with Crippen molar-refractivity contribution in [3.63, 3.8) is 0 Å². The number of rotatable bonds is 4. The number of aryl methyl sites for hydroxylation is 1. The van der Waals surface area contributed by atoms with E-state index < -0.39 is 0 Å². The molecule has 1 fully saturated rings. The first kappa shape index (κ1) is 16.4. The molecule has 1 saturated heterocycles. The van der Waals surface area contributed by atoms with Crippen LogP contribution in [0.25, 0.3) is 0 Å². The van der Waals surface area contributed by atoms with Gasteiger partial charge >= 0.3 is 0 Å². The van der Waals surface area contributed by atoms with Crippen molar-refractivity contribution < 1.29 is 0 Å². The van der Waals surface area contributed by atoms with E-state index in [9.17, 15) is 0 Å².